The highest BCUT2D eigenvalue weighted by Crippen LogP contribution is 2.64. The van der Waals surface area contributed by atoms with E-state index in [0.29, 0.717) is 16.9 Å². The predicted octanol–water partition coefficient (Wildman–Crippen LogP) is 3.64. The Labute approximate surface area is 129 Å². The summed E-state index contributed by atoms with van der Waals surface area (Å²) in [6.07, 6.45) is 12.1. The molecule has 0 saturated heterocycles. The van der Waals surface area contributed by atoms with Gasteiger partial charge in [-0.25, -0.2) is 0 Å². The van der Waals surface area contributed by atoms with E-state index in [1.807, 2.05) is 0 Å². The summed E-state index contributed by atoms with van der Waals surface area (Å²) in [6.45, 7) is 4.97. The number of aliphatic hydroxyl groups is 1. The molecule has 0 heterocycles. The molecule has 0 aliphatic heterocycles. The summed E-state index contributed by atoms with van der Waals surface area (Å²) in [5, 5.41) is 10.0. The van der Waals surface area contributed by atoms with E-state index in [-0.39, 0.29) is 6.10 Å². The molecule has 4 aliphatic carbocycles. The zero-order valence-electron chi connectivity index (χ0n) is 13.6. The van der Waals surface area contributed by atoms with Crippen molar-refractivity contribution in [3.8, 4) is 0 Å². The Bertz CT molecular complexity index is 472. The summed E-state index contributed by atoms with van der Waals surface area (Å²) in [4.78, 5) is 0. The third kappa shape index (κ3) is 1.84. The molecule has 0 aromatic carbocycles. The van der Waals surface area contributed by atoms with Crippen LogP contribution in [-0.4, -0.2) is 17.3 Å². The molecule has 3 fully saturated rings. The van der Waals surface area contributed by atoms with Gasteiger partial charge in [-0.1, -0.05) is 25.5 Å². The lowest BCUT2D eigenvalue weighted by Crippen LogP contribution is -2.52. The number of nitrogens with two attached hydrogens (primary N) is 1. The van der Waals surface area contributed by atoms with Crippen LogP contribution in [-0.2, 0) is 0 Å². The van der Waals surface area contributed by atoms with Gasteiger partial charge in [0.15, 0.2) is 0 Å². The van der Waals surface area contributed by atoms with Crippen LogP contribution in [0.2, 0.25) is 0 Å². The molecule has 0 unspecified atom stereocenters. The van der Waals surface area contributed by atoms with E-state index in [4.69, 9.17) is 5.73 Å². The first-order valence-electron chi connectivity index (χ1n) is 9.08. The molecule has 118 valence electrons. The van der Waals surface area contributed by atoms with Gasteiger partial charge in [-0.2, -0.15) is 0 Å². The van der Waals surface area contributed by atoms with Crippen molar-refractivity contribution in [3.05, 3.63) is 11.6 Å². The van der Waals surface area contributed by atoms with Gasteiger partial charge in [0.2, 0.25) is 0 Å². The second kappa shape index (κ2) is 4.58. The highest BCUT2D eigenvalue weighted by molar-refractivity contribution is 5.25. The minimum Gasteiger partial charge on any atom is -0.393 e. The maximum absolute atomic E-state index is 10.0. The van der Waals surface area contributed by atoms with E-state index in [9.17, 15) is 5.11 Å². The highest BCUT2D eigenvalue weighted by atomic mass is 16.3. The van der Waals surface area contributed by atoms with E-state index in [2.05, 4.69) is 19.9 Å². The van der Waals surface area contributed by atoms with Crippen molar-refractivity contribution in [3.63, 3.8) is 0 Å². The molecule has 2 heteroatoms. The van der Waals surface area contributed by atoms with E-state index in [1.54, 1.807) is 5.57 Å². The molecular formula is C19H31NO. The van der Waals surface area contributed by atoms with Crippen molar-refractivity contribution in [2.75, 3.05) is 0 Å². The lowest BCUT2D eigenvalue weighted by atomic mass is 9.48. The van der Waals surface area contributed by atoms with E-state index < -0.39 is 0 Å². The van der Waals surface area contributed by atoms with Crippen LogP contribution in [0.25, 0.3) is 0 Å². The summed E-state index contributed by atoms with van der Waals surface area (Å²) in [5.74, 6) is 2.53. The fraction of sp³-hybridized carbons (Fsp3) is 0.895. The van der Waals surface area contributed by atoms with Crippen LogP contribution in [0.3, 0.4) is 0 Å². The number of rotatable bonds is 0. The Morgan fingerprint density at radius 1 is 1.10 bits per heavy atom. The lowest BCUT2D eigenvalue weighted by molar-refractivity contribution is -0.0401. The minimum absolute atomic E-state index is 0.0883. The molecule has 4 aliphatic rings. The van der Waals surface area contributed by atoms with Crippen molar-refractivity contribution in [2.24, 2.45) is 34.3 Å². The fourth-order valence-electron chi connectivity index (χ4n) is 6.68. The molecular weight excluding hydrogens is 258 g/mol. The zero-order chi connectivity index (χ0) is 14.8. The van der Waals surface area contributed by atoms with E-state index in [0.717, 1.165) is 30.6 Å². The summed E-state index contributed by atoms with van der Waals surface area (Å²) in [6, 6.07) is 0.426. The second-order valence-corrected chi connectivity index (χ2v) is 8.88. The van der Waals surface area contributed by atoms with Crippen LogP contribution in [0.4, 0.5) is 0 Å². The van der Waals surface area contributed by atoms with Gasteiger partial charge >= 0.3 is 0 Å². The third-order valence-corrected chi connectivity index (χ3v) is 8.15. The molecule has 0 aromatic rings. The Balaban J connectivity index is 1.68. The molecule has 0 radical (unpaired) electrons. The van der Waals surface area contributed by atoms with E-state index in [1.165, 1.54) is 38.5 Å². The largest absolute Gasteiger partial charge is 0.393 e. The van der Waals surface area contributed by atoms with Gasteiger partial charge in [0.1, 0.15) is 0 Å². The van der Waals surface area contributed by atoms with Gasteiger partial charge in [0, 0.05) is 6.04 Å². The molecule has 2 nitrogen and oxygen atoms in total. The number of fused-ring (bicyclic) bond motifs is 5. The van der Waals surface area contributed by atoms with Crippen molar-refractivity contribution in [1.82, 2.24) is 0 Å². The number of hydrogen-bond donors (Lipinski definition) is 2. The summed E-state index contributed by atoms with van der Waals surface area (Å²) in [5.41, 5.74) is 8.83. The molecule has 0 aromatic heterocycles. The second-order valence-electron chi connectivity index (χ2n) is 8.88. The average molecular weight is 289 g/mol. The normalized spacial score (nSPS) is 56.2. The first kappa shape index (κ1) is 14.3. The molecule has 21 heavy (non-hydrogen) atoms. The summed E-state index contributed by atoms with van der Waals surface area (Å²) < 4.78 is 0. The Kier molecular flexibility index (Phi) is 3.11. The van der Waals surface area contributed by atoms with Gasteiger partial charge in [-0.05, 0) is 80.0 Å². The topological polar surface area (TPSA) is 46.2 Å². The summed E-state index contributed by atoms with van der Waals surface area (Å²) in [7, 11) is 0. The summed E-state index contributed by atoms with van der Waals surface area (Å²) >= 11 is 0. The van der Waals surface area contributed by atoms with Crippen LogP contribution in [0.1, 0.15) is 65.2 Å². The maximum Gasteiger partial charge on any atom is 0.0577 e. The first-order chi connectivity index (χ1) is 9.95. The van der Waals surface area contributed by atoms with Gasteiger partial charge in [0.25, 0.3) is 0 Å². The van der Waals surface area contributed by atoms with Gasteiger partial charge < -0.3 is 10.8 Å². The standard InChI is InChI=1S/C19H31NO/c1-18-9-7-13(21)11-12(18)3-4-14-15-5-6-17(20)19(15,2)10-8-16(14)18/h3,13-17,21H,4-11,20H2,1-2H3/t13-,14+,15+,16+,17-,18-,19-/m0/s1. The number of aliphatic hydroxyl groups excluding tert-OH is 1. The smallest absolute Gasteiger partial charge is 0.0577 e. The number of allylic oxidation sites excluding steroid dienone is 1. The quantitative estimate of drug-likeness (QED) is 0.669. The van der Waals surface area contributed by atoms with Crippen molar-refractivity contribution < 1.29 is 5.11 Å². The first-order valence-corrected chi connectivity index (χ1v) is 9.08. The van der Waals surface area contributed by atoms with Crippen LogP contribution in [0.5, 0.6) is 0 Å². The monoisotopic (exact) mass is 289 g/mol. The van der Waals surface area contributed by atoms with E-state index >= 15 is 0 Å². The Morgan fingerprint density at radius 3 is 2.71 bits per heavy atom. The third-order valence-electron chi connectivity index (χ3n) is 8.15. The van der Waals surface area contributed by atoms with Crippen molar-refractivity contribution >= 4 is 0 Å². The van der Waals surface area contributed by atoms with Crippen LogP contribution >= 0.6 is 0 Å². The Morgan fingerprint density at radius 2 is 1.90 bits per heavy atom. The predicted molar refractivity (Wildman–Crippen MR) is 85.7 cm³/mol. The van der Waals surface area contributed by atoms with Crippen LogP contribution in [0, 0.1) is 28.6 Å². The molecule has 0 spiro atoms. The zero-order valence-corrected chi connectivity index (χ0v) is 13.6. The molecule has 3 saturated carbocycles. The van der Waals surface area contributed by atoms with Gasteiger partial charge in [-0.3, -0.25) is 0 Å². The molecule has 0 amide bonds. The minimum atomic E-state index is -0.0883. The van der Waals surface area contributed by atoms with Gasteiger partial charge in [-0.15, -0.1) is 0 Å². The highest BCUT2D eigenvalue weighted by Gasteiger charge is 2.57. The fourth-order valence-corrected chi connectivity index (χ4v) is 6.68. The van der Waals surface area contributed by atoms with Crippen molar-refractivity contribution in [1.29, 1.82) is 0 Å². The van der Waals surface area contributed by atoms with Crippen molar-refractivity contribution in [2.45, 2.75) is 77.4 Å². The molecule has 0 bridgehead atoms. The molecule has 3 N–H and O–H groups in total. The average Bonchev–Trinajstić information content (AvgIpc) is 2.76. The van der Waals surface area contributed by atoms with Gasteiger partial charge in [0.05, 0.1) is 6.10 Å². The van der Waals surface area contributed by atoms with Crippen LogP contribution < -0.4 is 5.73 Å². The Hall–Kier alpha value is -0.340. The number of hydrogen-bond acceptors (Lipinski definition) is 2. The molecule has 7 atom stereocenters. The molecule has 4 rings (SSSR count). The SMILES string of the molecule is C[C@]12CC[C@@H]3[C@H](CC=C4C[C@@H](O)CC[C@@]43C)[C@H]1CC[C@@H]2N. The lowest BCUT2D eigenvalue weighted by Gasteiger charge is -2.57. The maximum atomic E-state index is 10.0. The van der Waals surface area contributed by atoms with Crippen LogP contribution in [0.15, 0.2) is 11.6 Å².